The van der Waals surface area contributed by atoms with Crippen LogP contribution in [0.2, 0.25) is 0 Å². The molecule has 0 unspecified atom stereocenters. The van der Waals surface area contributed by atoms with Crippen LogP contribution in [0.5, 0.6) is 0 Å². The third kappa shape index (κ3) is 9.14. The summed E-state index contributed by atoms with van der Waals surface area (Å²) in [6, 6.07) is 6.36. The molecular weight excluding hydrogens is 580 g/mol. The Bertz CT molecular complexity index is 1290. The minimum absolute atomic E-state index is 0.0950. The monoisotopic (exact) mass is 605 g/mol. The van der Waals surface area contributed by atoms with Gasteiger partial charge in [0.1, 0.15) is 6.54 Å². The van der Waals surface area contributed by atoms with Crippen molar-refractivity contribution in [2.24, 2.45) is 0 Å². The Kier molecular flexibility index (Phi) is 10.7. The fourth-order valence-corrected chi connectivity index (χ4v) is 4.81. The average molecular weight is 606 g/mol. The highest BCUT2D eigenvalue weighted by molar-refractivity contribution is 7.99. The van der Waals surface area contributed by atoms with Gasteiger partial charge in [-0.1, -0.05) is 23.9 Å². The van der Waals surface area contributed by atoms with Crippen molar-refractivity contribution in [2.45, 2.75) is 29.1 Å². The molecule has 0 radical (unpaired) electrons. The first-order valence-electron chi connectivity index (χ1n) is 12.1. The molecule has 15 heteroatoms. The third-order valence-corrected chi connectivity index (χ3v) is 6.56. The Morgan fingerprint density at radius 3 is 2.34 bits per heavy atom. The predicted octanol–water partition coefficient (Wildman–Crippen LogP) is 5.43. The van der Waals surface area contributed by atoms with E-state index in [1.165, 1.54) is 29.2 Å². The summed E-state index contributed by atoms with van der Waals surface area (Å²) < 4.78 is 94.4. The van der Waals surface area contributed by atoms with E-state index in [1.54, 1.807) is 6.92 Å². The van der Waals surface area contributed by atoms with Gasteiger partial charge >= 0.3 is 24.4 Å². The highest BCUT2D eigenvalue weighted by Crippen LogP contribution is 2.48. The lowest BCUT2D eigenvalue weighted by Gasteiger charge is -2.25. The first-order valence-corrected chi connectivity index (χ1v) is 13.0. The molecule has 0 atom stereocenters. The fraction of sp³-hybridized carbons (Fsp3) is 0.346. The maximum absolute atomic E-state index is 14.1. The Balaban J connectivity index is 1.90. The summed E-state index contributed by atoms with van der Waals surface area (Å²) in [5.74, 6) is -1.33. The number of carbonyl (C=O) groups excluding carboxylic acids is 3. The molecule has 222 valence electrons. The summed E-state index contributed by atoms with van der Waals surface area (Å²) >= 11 is 0.414. The van der Waals surface area contributed by atoms with Gasteiger partial charge in [-0.3, -0.25) is 9.59 Å². The largest absolute Gasteiger partial charge is 0.465 e. The average Bonchev–Trinajstić information content (AvgIpc) is 2.90. The van der Waals surface area contributed by atoms with Crippen molar-refractivity contribution in [3.05, 3.63) is 59.2 Å². The summed E-state index contributed by atoms with van der Waals surface area (Å²) in [5, 5.41) is 4.62. The number of benzene rings is 2. The van der Waals surface area contributed by atoms with E-state index in [2.05, 4.69) is 15.4 Å². The highest BCUT2D eigenvalue weighted by atomic mass is 32.2. The Morgan fingerprint density at radius 2 is 1.71 bits per heavy atom. The van der Waals surface area contributed by atoms with Gasteiger partial charge < -0.3 is 25.0 Å². The maximum atomic E-state index is 14.1. The lowest BCUT2D eigenvalue weighted by Crippen LogP contribution is -2.39. The number of nitrogens with zero attached hydrogens (tertiary/aromatic N) is 1. The molecule has 0 saturated carbocycles. The summed E-state index contributed by atoms with van der Waals surface area (Å²) in [5.41, 5.74) is -4.53. The van der Waals surface area contributed by atoms with E-state index in [-0.39, 0.29) is 43.5 Å². The summed E-state index contributed by atoms with van der Waals surface area (Å²) in [6.45, 7) is 2.17. The van der Waals surface area contributed by atoms with Crippen molar-refractivity contribution in [3.8, 4) is 0 Å². The van der Waals surface area contributed by atoms with Gasteiger partial charge in [-0.15, -0.1) is 0 Å². The lowest BCUT2D eigenvalue weighted by molar-refractivity contribution is -0.163. The van der Waals surface area contributed by atoms with Gasteiger partial charge in [-0.25, -0.2) is 4.79 Å². The smallest absolute Gasteiger partial charge is 0.418 e. The molecule has 0 bridgehead atoms. The molecular formula is C26H25F6N3O5S. The van der Waals surface area contributed by atoms with E-state index < -0.39 is 58.4 Å². The van der Waals surface area contributed by atoms with Crippen molar-refractivity contribution in [2.75, 3.05) is 44.8 Å². The van der Waals surface area contributed by atoms with Gasteiger partial charge in [0.25, 0.3) is 0 Å². The van der Waals surface area contributed by atoms with E-state index in [0.717, 1.165) is 24.3 Å². The molecule has 0 aliphatic carbocycles. The molecule has 0 spiro atoms. The second kappa shape index (κ2) is 13.8. The predicted molar refractivity (Wildman–Crippen MR) is 137 cm³/mol. The molecule has 2 aromatic rings. The molecule has 1 saturated heterocycles. The standard InChI is InChI=1S/C26H25F6N3O5S/c1-2-40-21(37)15-33-24(38)34-17-4-3-5-18(14-17)41-19-8-6-16(7-9-20(36)35-10-12-39-13-11-35)22(25(27,28)29)23(19)26(30,31)32/h3-9,14H,2,10-13,15H2,1H3,(H2,33,34,38). The molecule has 2 aromatic carbocycles. The number of hydrogen-bond donors (Lipinski definition) is 2. The van der Waals surface area contributed by atoms with Gasteiger partial charge in [0, 0.05) is 34.6 Å². The number of amides is 3. The van der Waals surface area contributed by atoms with Crippen LogP contribution < -0.4 is 10.6 Å². The highest BCUT2D eigenvalue weighted by Gasteiger charge is 2.46. The molecule has 3 amide bonds. The van der Waals surface area contributed by atoms with Gasteiger partial charge in [0.05, 0.1) is 30.9 Å². The van der Waals surface area contributed by atoms with Gasteiger partial charge in [0.2, 0.25) is 5.91 Å². The van der Waals surface area contributed by atoms with Crippen LogP contribution in [0.3, 0.4) is 0 Å². The van der Waals surface area contributed by atoms with Crippen molar-refractivity contribution in [3.63, 3.8) is 0 Å². The number of carbonyl (C=O) groups is 3. The van der Waals surface area contributed by atoms with Crippen LogP contribution in [0.25, 0.3) is 6.08 Å². The number of anilines is 1. The zero-order valence-electron chi connectivity index (χ0n) is 21.5. The minimum Gasteiger partial charge on any atom is -0.465 e. The quantitative estimate of drug-likeness (QED) is 0.237. The topological polar surface area (TPSA) is 97.0 Å². The number of hydrogen-bond acceptors (Lipinski definition) is 6. The first kappa shape index (κ1) is 31.8. The van der Waals surface area contributed by atoms with Crippen LogP contribution in [-0.4, -0.2) is 62.3 Å². The number of urea groups is 1. The SMILES string of the molecule is CCOC(=O)CNC(=O)Nc1cccc(Sc2ccc(C=CC(=O)N3CCOCC3)c(C(F)(F)F)c2C(F)(F)F)c1. The van der Waals surface area contributed by atoms with Crippen molar-refractivity contribution >= 4 is 41.4 Å². The van der Waals surface area contributed by atoms with E-state index >= 15 is 0 Å². The summed E-state index contributed by atoms with van der Waals surface area (Å²) in [7, 11) is 0. The second-order valence-electron chi connectivity index (χ2n) is 8.41. The molecule has 0 aromatic heterocycles. The van der Waals surface area contributed by atoms with E-state index in [1.807, 2.05) is 0 Å². The second-order valence-corrected chi connectivity index (χ2v) is 9.53. The van der Waals surface area contributed by atoms with Crippen LogP contribution >= 0.6 is 11.8 Å². The van der Waals surface area contributed by atoms with Crippen molar-refractivity contribution < 1.29 is 50.2 Å². The Labute approximate surface area is 235 Å². The zero-order chi connectivity index (χ0) is 30.2. The molecule has 41 heavy (non-hydrogen) atoms. The number of esters is 1. The zero-order valence-corrected chi connectivity index (χ0v) is 22.3. The van der Waals surface area contributed by atoms with Crippen LogP contribution in [0.15, 0.2) is 52.3 Å². The van der Waals surface area contributed by atoms with Crippen molar-refractivity contribution in [1.82, 2.24) is 10.2 Å². The minimum atomic E-state index is -5.40. The van der Waals surface area contributed by atoms with Gasteiger partial charge in [-0.2, -0.15) is 26.3 Å². The normalized spacial score (nSPS) is 14.2. The Morgan fingerprint density at radius 1 is 1.02 bits per heavy atom. The number of alkyl halides is 6. The van der Waals surface area contributed by atoms with E-state index in [9.17, 15) is 40.7 Å². The Hall–Kier alpha value is -3.72. The molecule has 1 heterocycles. The fourth-order valence-electron chi connectivity index (χ4n) is 3.76. The maximum Gasteiger partial charge on any atom is 0.418 e. The third-order valence-electron chi connectivity index (χ3n) is 5.51. The van der Waals surface area contributed by atoms with Crippen LogP contribution in [0.4, 0.5) is 36.8 Å². The molecule has 3 rings (SSSR count). The molecule has 1 aliphatic heterocycles. The number of nitrogens with one attached hydrogen (secondary N) is 2. The number of morpholine rings is 1. The van der Waals surface area contributed by atoms with E-state index in [0.29, 0.717) is 11.8 Å². The molecule has 1 fully saturated rings. The van der Waals surface area contributed by atoms with Gasteiger partial charge in [-0.05, 0) is 42.8 Å². The number of ether oxygens (including phenoxy) is 2. The summed E-state index contributed by atoms with van der Waals surface area (Å²) in [4.78, 5) is 36.4. The summed E-state index contributed by atoms with van der Waals surface area (Å²) in [6.07, 6.45) is -9.26. The van der Waals surface area contributed by atoms with E-state index in [4.69, 9.17) is 4.74 Å². The number of halogens is 6. The van der Waals surface area contributed by atoms with Crippen LogP contribution in [0, 0.1) is 0 Å². The number of rotatable bonds is 8. The van der Waals surface area contributed by atoms with Gasteiger partial charge in [0.15, 0.2) is 0 Å². The molecule has 8 nitrogen and oxygen atoms in total. The lowest BCUT2D eigenvalue weighted by atomic mass is 9.99. The van der Waals surface area contributed by atoms with Crippen molar-refractivity contribution in [1.29, 1.82) is 0 Å². The first-order chi connectivity index (χ1) is 19.3. The molecule has 2 N–H and O–H groups in total. The van der Waals surface area contributed by atoms with Crippen LogP contribution in [0.1, 0.15) is 23.6 Å². The molecule has 1 aliphatic rings. The van der Waals surface area contributed by atoms with Crippen LogP contribution in [-0.2, 0) is 31.4 Å².